The number of anilines is 1. The van der Waals surface area contributed by atoms with Gasteiger partial charge in [0.15, 0.2) is 0 Å². The highest BCUT2D eigenvalue weighted by Gasteiger charge is 2.25. The van der Waals surface area contributed by atoms with Gasteiger partial charge in [-0.1, -0.05) is 12.1 Å². The van der Waals surface area contributed by atoms with Gasteiger partial charge < -0.3 is 24.6 Å². The molecule has 1 aromatic heterocycles. The summed E-state index contributed by atoms with van der Waals surface area (Å²) < 4.78 is 10.8. The highest BCUT2D eigenvalue weighted by atomic mass is 16.5. The van der Waals surface area contributed by atoms with E-state index in [1.165, 1.54) is 0 Å². The number of carbonyl (C=O) groups is 1. The molecule has 0 unspecified atom stereocenters. The minimum absolute atomic E-state index is 0.00676. The van der Waals surface area contributed by atoms with Crippen LogP contribution in [0.1, 0.15) is 29.6 Å². The van der Waals surface area contributed by atoms with Crippen LogP contribution in [0.4, 0.5) is 10.6 Å². The van der Waals surface area contributed by atoms with Crippen LogP contribution in [0.25, 0.3) is 0 Å². The second-order valence-corrected chi connectivity index (χ2v) is 7.29. The molecule has 30 heavy (non-hydrogen) atoms. The van der Waals surface area contributed by atoms with Crippen LogP contribution in [0, 0.1) is 6.92 Å². The van der Waals surface area contributed by atoms with Gasteiger partial charge in [0.1, 0.15) is 17.4 Å². The van der Waals surface area contributed by atoms with E-state index in [0.717, 1.165) is 47.3 Å². The number of piperazine rings is 1. The van der Waals surface area contributed by atoms with E-state index in [9.17, 15) is 4.79 Å². The predicted octanol–water partition coefficient (Wildman–Crippen LogP) is 2.38. The summed E-state index contributed by atoms with van der Waals surface area (Å²) in [7, 11) is 3.35. The maximum absolute atomic E-state index is 12.1. The fraction of sp³-hybridized carbons (Fsp3) is 0.500. The molecule has 8 heteroatoms. The molecule has 1 aromatic carbocycles. The number of aromatic nitrogens is 2. The number of nitrogens with zero attached hydrogens (tertiary/aromatic N) is 4. The number of hydrogen-bond donors (Lipinski definition) is 1. The number of aryl methyl sites for hydroxylation is 1. The molecule has 0 atom stereocenters. The Bertz CT molecular complexity index is 866. The lowest BCUT2D eigenvalue weighted by molar-refractivity contribution is 0.180. The lowest BCUT2D eigenvalue weighted by Gasteiger charge is -2.36. The van der Waals surface area contributed by atoms with Gasteiger partial charge in [-0.2, -0.15) is 0 Å². The Labute approximate surface area is 178 Å². The van der Waals surface area contributed by atoms with Gasteiger partial charge in [0.05, 0.1) is 19.4 Å². The van der Waals surface area contributed by atoms with E-state index < -0.39 is 0 Å². The van der Waals surface area contributed by atoms with Crippen LogP contribution in [0.15, 0.2) is 24.3 Å². The quantitative estimate of drug-likeness (QED) is 0.751. The Balaban J connectivity index is 1.89. The van der Waals surface area contributed by atoms with Crippen LogP contribution in [0.5, 0.6) is 5.75 Å². The lowest BCUT2D eigenvalue weighted by atomic mass is 10.0. The third kappa shape index (κ3) is 5.18. The molecule has 0 bridgehead atoms. The van der Waals surface area contributed by atoms with Gasteiger partial charge in [0.2, 0.25) is 0 Å². The number of benzene rings is 1. The van der Waals surface area contributed by atoms with Crippen molar-refractivity contribution >= 4 is 11.8 Å². The smallest absolute Gasteiger partial charge is 0.317 e. The summed E-state index contributed by atoms with van der Waals surface area (Å²) in [6.07, 6.45) is 0.683. The van der Waals surface area contributed by atoms with Gasteiger partial charge in [-0.05, 0) is 31.5 Å². The fourth-order valence-corrected chi connectivity index (χ4v) is 3.71. The van der Waals surface area contributed by atoms with E-state index in [1.807, 2.05) is 36.9 Å². The zero-order chi connectivity index (χ0) is 21.5. The van der Waals surface area contributed by atoms with Crippen LogP contribution >= 0.6 is 0 Å². The number of nitrogens with one attached hydrogen (secondary N) is 1. The molecule has 8 nitrogen and oxygen atoms in total. The maximum atomic E-state index is 12.1. The Morgan fingerprint density at radius 2 is 1.93 bits per heavy atom. The number of carbonyl (C=O) groups excluding carboxylic acids is 1. The van der Waals surface area contributed by atoms with Gasteiger partial charge in [-0.25, -0.2) is 14.8 Å². The third-order valence-electron chi connectivity index (χ3n) is 5.17. The standard InChI is InChI=1S/C22H31N5O3/c1-5-23-22(28)27-11-9-26(10-12-27)21-19(20(15-29-3)24-16(2)25-21)14-17-7-6-8-18(13-17)30-4/h6-8,13H,5,9-12,14-15H2,1-4H3,(H,23,28). The van der Waals surface area contributed by atoms with Crippen molar-refractivity contribution in [3.05, 3.63) is 46.9 Å². The fourth-order valence-electron chi connectivity index (χ4n) is 3.71. The molecular weight excluding hydrogens is 382 g/mol. The Hall–Kier alpha value is -2.87. The largest absolute Gasteiger partial charge is 0.497 e. The first-order valence-corrected chi connectivity index (χ1v) is 10.3. The molecule has 0 saturated carbocycles. The highest BCUT2D eigenvalue weighted by Crippen LogP contribution is 2.27. The zero-order valence-electron chi connectivity index (χ0n) is 18.3. The Kier molecular flexibility index (Phi) is 7.46. The van der Waals surface area contributed by atoms with Crippen molar-refractivity contribution in [3.63, 3.8) is 0 Å². The van der Waals surface area contributed by atoms with E-state index in [0.29, 0.717) is 32.7 Å². The molecule has 2 heterocycles. The molecule has 2 aromatic rings. The molecule has 0 radical (unpaired) electrons. The molecule has 1 aliphatic heterocycles. The van der Waals surface area contributed by atoms with Crippen LogP contribution in [0.3, 0.4) is 0 Å². The summed E-state index contributed by atoms with van der Waals surface area (Å²) in [5, 5.41) is 2.87. The molecule has 0 aliphatic carbocycles. The number of rotatable bonds is 7. The average Bonchev–Trinajstić information content (AvgIpc) is 2.76. The lowest BCUT2D eigenvalue weighted by Crippen LogP contribution is -2.52. The first-order valence-electron chi connectivity index (χ1n) is 10.3. The number of amides is 2. The molecule has 2 amide bonds. The Morgan fingerprint density at radius 1 is 1.17 bits per heavy atom. The topological polar surface area (TPSA) is 79.8 Å². The van der Waals surface area contributed by atoms with Crippen molar-refractivity contribution in [2.45, 2.75) is 26.9 Å². The molecular formula is C22H31N5O3. The minimum atomic E-state index is -0.00676. The summed E-state index contributed by atoms with van der Waals surface area (Å²) in [5.41, 5.74) is 3.08. The summed E-state index contributed by atoms with van der Waals surface area (Å²) in [6.45, 7) is 7.67. The maximum Gasteiger partial charge on any atom is 0.317 e. The van der Waals surface area contributed by atoms with E-state index in [4.69, 9.17) is 14.5 Å². The van der Waals surface area contributed by atoms with E-state index in [-0.39, 0.29) is 6.03 Å². The zero-order valence-corrected chi connectivity index (χ0v) is 18.3. The number of ether oxygens (including phenoxy) is 2. The van der Waals surface area contributed by atoms with Crippen molar-refractivity contribution < 1.29 is 14.3 Å². The molecule has 162 valence electrons. The van der Waals surface area contributed by atoms with E-state index in [1.54, 1.807) is 14.2 Å². The SMILES string of the molecule is CCNC(=O)N1CCN(c2nc(C)nc(COC)c2Cc2cccc(OC)c2)CC1. The van der Waals surface area contributed by atoms with Crippen molar-refractivity contribution in [2.24, 2.45) is 0 Å². The van der Waals surface area contributed by atoms with Crippen molar-refractivity contribution in [3.8, 4) is 5.75 Å². The van der Waals surface area contributed by atoms with Gasteiger partial charge in [0, 0.05) is 51.8 Å². The molecule has 1 N–H and O–H groups in total. The van der Waals surface area contributed by atoms with Crippen LogP contribution in [-0.4, -0.2) is 67.8 Å². The minimum Gasteiger partial charge on any atom is -0.497 e. The molecule has 1 fully saturated rings. The highest BCUT2D eigenvalue weighted by molar-refractivity contribution is 5.74. The second-order valence-electron chi connectivity index (χ2n) is 7.29. The first-order chi connectivity index (χ1) is 14.5. The van der Waals surface area contributed by atoms with Gasteiger partial charge in [-0.15, -0.1) is 0 Å². The number of methoxy groups -OCH3 is 2. The summed E-state index contributed by atoms with van der Waals surface area (Å²) in [4.78, 5) is 25.7. The van der Waals surface area contributed by atoms with Gasteiger partial charge >= 0.3 is 6.03 Å². The van der Waals surface area contributed by atoms with Crippen LogP contribution in [-0.2, 0) is 17.8 Å². The van der Waals surface area contributed by atoms with Crippen LogP contribution < -0.4 is 15.0 Å². The van der Waals surface area contributed by atoms with E-state index >= 15 is 0 Å². The summed E-state index contributed by atoms with van der Waals surface area (Å²) in [6, 6.07) is 8.03. The molecule has 1 aliphatic rings. The summed E-state index contributed by atoms with van der Waals surface area (Å²) in [5.74, 6) is 2.47. The monoisotopic (exact) mass is 413 g/mol. The van der Waals surface area contributed by atoms with Gasteiger partial charge in [0.25, 0.3) is 0 Å². The molecule has 1 saturated heterocycles. The number of hydrogen-bond acceptors (Lipinski definition) is 6. The van der Waals surface area contributed by atoms with Crippen molar-refractivity contribution in [1.29, 1.82) is 0 Å². The molecule has 0 spiro atoms. The summed E-state index contributed by atoms with van der Waals surface area (Å²) >= 11 is 0. The van der Waals surface area contributed by atoms with Crippen LogP contribution in [0.2, 0.25) is 0 Å². The predicted molar refractivity (Wildman–Crippen MR) is 116 cm³/mol. The average molecular weight is 414 g/mol. The Morgan fingerprint density at radius 3 is 2.60 bits per heavy atom. The van der Waals surface area contributed by atoms with Crippen molar-refractivity contribution in [1.82, 2.24) is 20.2 Å². The van der Waals surface area contributed by atoms with Gasteiger partial charge in [-0.3, -0.25) is 0 Å². The number of urea groups is 1. The normalized spacial score (nSPS) is 14.0. The molecule has 3 rings (SSSR count). The van der Waals surface area contributed by atoms with Crippen molar-refractivity contribution in [2.75, 3.05) is 51.8 Å². The first kappa shape index (κ1) is 21.8. The second kappa shape index (κ2) is 10.2. The van der Waals surface area contributed by atoms with E-state index in [2.05, 4.69) is 21.3 Å². The third-order valence-corrected chi connectivity index (χ3v) is 5.17.